The van der Waals surface area contributed by atoms with E-state index in [4.69, 9.17) is 11.6 Å². The van der Waals surface area contributed by atoms with E-state index in [9.17, 15) is 13.2 Å². The molecule has 1 N–H and O–H groups in total. The molecule has 8 heteroatoms. The van der Waals surface area contributed by atoms with Crippen molar-refractivity contribution in [1.82, 2.24) is 4.31 Å². The monoisotopic (exact) mass is 430 g/mol. The molecule has 0 aliphatic rings. The number of hydrogen-bond donors (Lipinski definition) is 1. The molecule has 1 amide bonds. The van der Waals surface area contributed by atoms with Gasteiger partial charge in [0, 0.05) is 16.7 Å². The molecule has 128 valence electrons. The summed E-state index contributed by atoms with van der Waals surface area (Å²) < 4.78 is 25.7. The molecule has 0 aliphatic heterocycles. The second-order valence-electron chi connectivity index (χ2n) is 5.19. The molecule has 0 aliphatic carbocycles. The SMILES string of the molecule is CS(=O)(=O)N(CC(=O)Nc1ccc(Br)c(Cl)c1)Cc1ccccc1. The van der Waals surface area contributed by atoms with Crippen LogP contribution in [0.15, 0.2) is 53.0 Å². The van der Waals surface area contributed by atoms with Crippen molar-refractivity contribution in [3.63, 3.8) is 0 Å². The van der Waals surface area contributed by atoms with E-state index < -0.39 is 15.9 Å². The molecule has 0 bridgehead atoms. The highest BCUT2D eigenvalue weighted by molar-refractivity contribution is 9.10. The van der Waals surface area contributed by atoms with Gasteiger partial charge in [-0.25, -0.2) is 8.42 Å². The molecule has 0 spiro atoms. The van der Waals surface area contributed by atoms with Gasteiger partial charge in [-0.3, -0.25) is 4.79 Å². The van der Waals surface area contributed by atoms with Crippen LogP contribution in [0.3, 0.4) is 0 Å². The lowest BCUT2D eigenvalue weighted by atomic mass is 10.2. The fourth-order valence-corrected chi connectivity index (χ4v) is 3.17. The minimum atomic E-state index is -3.53. The Labute approximate surface area is 154 Å². The zero-order valence-corrected chi connectivity index (χ0v) is 16.0. The van der Waals surface area contributed by atoms with Gasteiger partial charge in [0.25, 0.3) is 0 Å². The lowest BCUT2D eigenvalue weighted by molar-refractivity contribution is -0.116. The number of rotatable bonds is 6. The number of carbonyl (C=O) groups is 1. The summed E-state index contributed by atoms with van der Waals surface area (Å²) in [5.41, 5.74) is 1.31. The quantitative estimate of drug-likeness (QED) is 0.761. The Morgan fingerprint density at radius 1 is 1.21 bits per heavy atom. The van der Waals surface area contributed by atoms with E-state index in [2.05, 4.69) is 21.2 Å². The molecule has 24 heavy (non-hydrogen) atoms. The summed E-state index contributed by atoms with van der Waals surface area (Å²) in [6.45, 7) is -0.143. The fourth-order valence-electron chi connectivity index (χ4n) is 2.01. The van der Waals surface area contributed by atoms with Gasteiger partial charge in [0.15, 0.2) is 0 Å². The Morgan fingerprint density at radius 2 is 1.88 bits per heavy atom. The Hall–Kier alpha value is -1.41. The fraction of sp³-hybridized carbons (Fsp3) is 0.188. The average molecular weight is 432 g/mol. The molecule has 0 aromatic heterocycles. The third kappa shape index (κ3) is 5.59. The van der Waals surface area contributed by atoms with Crippen LogP contribution in [0, 0.1) is 0 Å². The van der Waals surface area contributed by atoms with E-state index in [-0.39, 0.29) is 13.1 Å². The lowest BCUT2D eigenvalue weighted by Gasteiger charge is -2.19. The molecular weight excluding hydrogens is 416 g/mol. The molecule has 0 heterocycles. The van der Waals surface area contributed by atoms with E-state index in [1.807, 2.05) is 30.3 Å². The van der Waals surface area contributed by atoms with Crippen LogP contribution in [0.4, 0.5) is 5.69 Å². The van der Waals surface area contributed by atoms with E-state index in [0.29, 0.717) is 15.2 Å². The molecule has 0 fully saturated rings. The van der Waals surface area contributed by atoms with Gasteiger partial charge in [-0.05, 0) is 39.7 Å². The van der Waals surface area contributed by atoms with Crippen molar-refractivity contribution in [2.75, 3.05) is 18.1 Å². The van der Waals surface area contributed by atoms with Crippen LogP contribution < -0.4 is 5.32 Å². The van der Waals surface area contributed by atoms with Gasteiger partial charge in [0.1, 0.15) is 0 Å². The summed E-state index contributed by atoms with van der Waals surface area (Å²) in [7, 11) is -3.53. The third-order valence-electron chi connectivity index (χ3n) is 3.19. The highest BCUT2D eigenvalue weighted by Gasteiger charge is 2.20. The number of hydrogen-bond acceptors (Lipinski definition) is 3. The second-order valence-corrected chi connectivity index (χ2v) is 8.44. The molecular formula is C16H16BrClN2O3S. The van der Waals surface area contributed by atoms with Gasteiger partial charge in [-0.1, -0.05) is 41.9 Å². The van der Waals surface area contributed by atoms with Gasteiger partial charge in [0.2, 0.25) is 15.9 Å². The Kier molecular flexibility index (Phi) is 6.40. The maximum absolute atomic E-state index is 12.2. The maximum Gasteiger partial charge on any atom is 0.239 e. The van der Waals surface area contributed by atoms with Crippen molar-refractivity contribution >= 4 is 49.1 Å². The van der Waals surface area contributed by atoms with E-state index in [1.165, 1.54) is 0 Å². The predicted molar refractivity (Wildman–Crippen MR) is 99.5 cm³/mol. The van der Waals surface area contributed by atoms with Gasteiger partial charge < -0.3 is 5.32 Å². The molecule has 2 aromatic carbocycles. The van der Waals surface area contributed by atoms with Gasteiger partial charge in [-0.15, -0.1) is 0 Å². The number of halogens is 2. The van der Waals surface area contributed by atoms with Crippen LogP contribution in [0.1, 0.15) is 5.56 Å². The van der Waals surface area contributed by atoms with E-state index >= 15 is 0 Å². The highest BCUT2D eigenvalue weighted by Crippen LogP contribution is 2.25. The molecule has 5 nitrogen and oxygen atoms in total. The van der Waals surface area contributed by atoms with Crippen LogP contribution in [0.5, 0.6) is 0 Å². The van der Waals surface area contributed by atoms with E-state index in [1.54, 1.807) is 18.2 Å². The smallest absolute Gasteiger partial charge is 0.239 e. The zero-order chi connectivity index (χ0) is 17.7. The maximum atomic E-state index is 12.2. The van der Waals surface area contributed by atoms with Crippen molar-refractivity contribution in [1.29, 1.82) is 0 Å². The van der Waals surface area contributed by atoms with Crippen LogP contribution in [-0.2, 0) is 21.4 Å². The standard InChI is InChI=1S/C16H16BrClN2O3S/c1-24(22,23)20(10-12-5-3-2-4-6-12)11-16(21)19-13-7-8-14(17)15(18)9-13/h2-9H,10-11H2,1H3,(H,19,21). The van der Waals surface area contributed by atoms with Crippen LogP contribution >= 0.6 is 27.5 Å². The Bertz CT molecular complexity index is 828. The molecule has 2 aromatic rings. The first-order chi connectivity index (χ1) is 11.3. The number of nitrogens with zero attached hydrogens (tertiary/aromatic N) is 1. The molecule has 0 saturated heterocycles. The van der Waals surface area contributed by atoms with Crippen molar-refractivity contribution in [2.45, 2.75) is 6.54 Å². The van der Waals surface area contributed by atoms with E-state index in [0.717, 1.165) is 16.1 Å². The molecule has 2 rings (SSSR count). The molecule has 0 atom stereocenters. The molecule has 0 radical (unpaired) electrons. The van der Waals surface area contributed by atoms with Crippen LogP contribution in [0.25, 0.3) is 0 Å². The summed E-state index contributed by atoms with van der Waals surface area (Å²) in [5.74, 6) is -0.435. The number of benzene rings is 2. The van der Waals surface area contributed by atoms with Gasteiger partial charge >= 0.3 is 0 Å². The predicted octanol–water partition coefficient (Wildman–Crippen LogP) is 3.50. The number of amides is 1. The average Bonchev–Trinajstić information content (AvgIpc) is 2.50. The second kappa shape index (κ2) is 8.11. The summed E-state index contributed by atoms with van der Waals surface area (Å²) in [4.78, 5) is 12.2. The first kappa shape index (κ1) is 18.9. The molecule has 0 saturated carbocycles. The first-order valence-corrected chi connectivity index (χ1v) is 10.0. The Morgan fingerprint density at radius 3 is 2.46 bits per heavy atom. The van der Waals surface area contributed by atoms with Crippen molar-refractivity contribution in [2.24, 2.45) is 0 Å². The van der Waals surface area contributed by atoms with Crippen molar-refractivity contribution in [3.05, 3.63) is 63.6 Å². The first-order valence-electron chi connectivity index (χ1n) is 6.99. The number of nitrogens with one attached hydrogen (secondary N) is 1. The minimum Gasteiger partial charge on any atom is -0.325 e. The summed E-state index contributed by atoms with van der Waals surface area (Å²) >= 11 is 9.25. The topological polar surface area (TPSA) is 66.5 Å². The normalized spacial score (nSPS) is 11.5. The molecule has 0 unspecified atom stereocenters. The lowest BCUT2D eigenvalue weighted by Crippen LogP contribution is -2.36. The van der Waals surface area contributed by atoms with Crippen molar-refractivity contribution in [3.8, 4) is 0 Å². The van der Waals surface area contributed by atoms with Crippen LogP contribution in [-0.4, -0.2) is 31.4 Å². The van der Waals surface area contributed by atoms with Crippen molar-refractivity contribution < 1.29 is 13.2 Å². The van der Waals surface area contributed by atoms with Gasteiger partial charge in [0.05, 0.1) is 17.8 Å². The largest absolute Gasteiger partial charge is 0.325 e. The van der Waals surface area contributed by atoms with Gasteiger partial charge in [-0.2, -0.15) is 4.31 Å². The summed E-state index contributed by atoms with van der Waals surface area (Å²) in [5, 5.41) is 3.10. The van der Waals surface area contributed by atoms with Crippen LogP contribution in [0.2, 0.25) is 5.02 Å². The zero-order valence-electron chi connectivity index (χ0n) is 12.9. The third-order valence-corrected chi connectivity index (χ3v) is 5.62. The number of anilines is 1. The summed E-state index contributed by atoms with van der Waals surface area (Å²) in [6, 6.07) is 14.1. The highest BCUT2D eigenvalue weighted by atomic mass is 79.9. The summed E-state index contributed by atoms with van der Waals surface area (Å²) in [6.07, 6.45) is 1.08. The number of carbonyl (C=O) groups excluding carboxylic acids is 1. The number of sulfonamides is 1. The Balaban J connectivity index is 2.08. The minimum absolute atomic E-state index is 0.133.